The largest absolute Gasteiger partial charge is 0.462 e. The van der Waals surface area contributed by atoms with Gasteiger partial charge in [0.1, 0.15) is 13.2 Å². The number of hydrogen-bond acceptors (Lipinski definition) is 6. The summed E-state index contributed by atoms with van der Waals surface area (Å²) in [6.45, 7) is 6.22. The number of hydrogen-bond donors (Lipinski definition) is 0. The Morgan fingerprint density at radius 1 is 0.356 bits per heavy atom. The molecule has 0 amide bonds. The van der Waals surface area contributed by atoms with E-state index in [1.165, 1.54) is 51.4 Å². The quantitative estimate of drug-likeness (QED) is 0.0201. The summed E-state index contributed by atoms with van der Waals surface area (Å²) in [6.07, 6.45) is 61.0. The molecule has 1 atom stereocenters. The van der Waals surface area contributed by atoms with Crippen LogP contribution in [0.15, 0.2) is 97.2 Å². The van der Waals surface area contributed by atoms with Gasteiger partial charge in [0.05, 0.1) is 0 Å². The summed E-state index contributed by atoms with van der Waals surface area (Å²) in [6, 6.07) is 0. The van der Waals surface area contributed by atoms with Crippen molar-refractivity contribution in [1.29, 1.82) is 0 Å². The van der Waals surface area contributed by atoms with Crippen LogP contribution in [0.2, 0.25) is 0 Å². The Morgan fingerprint density at radius 2 is 0.695 bits per heavy atom. The van der Waals surface area contributed by atoms with Crippen molar-refractivity contribution < 1.29 is 28.6 Å². The van der Waals surface area contributed by atoms with Gasteiger partial charge in [-0.2, -0.15) is 0 Å². The Balaban J connectivity index is 4.48. The monoisotopic (exact) mass is 819 g/mol. The second-order valence-corrected chi connectivity index (χ2v) is 15.3. The Labute approximate surface area is 362 Å². The summed E-state index contributed by atoms with van der Waals surface area (Å²) in [5.74, 6) is -0.963. The molecule has 334 valence electrons. The average molecular weight is 819 g/mol. The standard InChI is InChI=1S/C53H86O6/c1-4-7-10-13-16-19-22-25-28-31-34-37-40-43-46-52(55)58-49-50(48-57-51(54)45-42-39-36-33-30-27-24-21-18-15-12-9-6-3)59-53(56)47-44-41-38-35-32-29-26-23-20-17-14-11-8-5-2/h7-12,15-21,24,27,30,50H,4-6,13-14,22-23,25-26,28-29,31-49H2,1-3H3/b10-7-,11-8-,12-9-,18-15-,19-16-,20-17-,24-21-,30-27-. The molecule has 1 unspecified atom stereocenters. The molecule has 0 bridgehead atoms. The van der Waals surface area contributed by atoms with Crippen LogP contribution in [0, 0.1) is 0 Å². The van der Waals surface area contributed by atoms with Crippen LogP contribution in [-0.2, 0) is 28.6 Å². The SMILES string of the molecule is CC\C=C/C=C\C=C/C=C\CCCCCC(=O)OCC(COC(=O)CCCCCCCCC/C=C\C/C=C\CC)OC(=O)CCCCCCCCC/C=C\C/C=C\CC. The minimum atomic E-state index is -0.800. The maximum Gasteiger partial charge on any atom is 0.306 e. The van der Waals surface area contributed by atoms with E-state index >= 15 is 0 Å². The zero-order chi connectivity index (χ0) is 43.0. The Hall–Kier alpha value is -3.67. The second-order valence-electron chi connectivity index (χ2n) is 15.3. The number of esters is 3. The lowest BCUT2D eigenvalue weighted by Crippen LogP contribution is -2.30. The first-order valence-corrected chi connectivity index (χ1v) is 23.8. The van der Waals surface area contributed by atoms with E-state index in [1.807, 2.05) is 36.5 Å². The molecular weight excluding hydrogens is 733 g/mol. The van der Waals surface area contributed by atoms with Crippen molar-refractivity contribution in [3.63, 3.8) is 0 Å². The lowest BCUT2D eigenvalue weighted by Gasteiger charge is -2.18. The predicted molar refractivity (Wildman–Crippen MR) is 251 cm³/mol. The maximum atomic E-state index is 12.8. The first-order chi connectivity index (χ1) is 29.0. The third kappa shape index (κ3) is 45.3. The van der Waals surface area contributed by atoms with E-state index in [0.717, 1.165) is 109 Å². The van der Waals surface area contributed by atoms with E-state index < -0.39 is 6.10 Å². The first-order valence-electron chi connectivity index (χ1n) is 23.8. The molecule has 0 heterocycles. The van der Waals surface area contributed by atoms with Crippen molar-refractivity contribution in [2.75, 3.05) is 13.2 Å². The van der Waals surface area contributed by atoms with Crippen molar-refractivity contribution in [3.8, 4) is 0 Å². The van der Waals surface area contributed by atoms with Crippen molar-refractivity contribution in [3.05, 3.63) is 97.2 Å². The van der Waals surface area contributed by atoms with E-state index in [1.54, 1.807) is 0 Å². The first kappa shape index (κ1) is 55.3. The van der Waals surface area contributed by atoms with Crippen LogP contribution in [0.25, 0.3) is 0 Å². The fourth-order valence-electron chi connectivity index (χ4n) is 6.17. The average Bonchev–Trinajstić information content (AvgIpc) is 3.23. The molecule has 0 aliphatic heterocycles. The molecule has 0 aromatic carbocycles. The molecule has 0 N–H and O–H groups in total. The summed E-state index contributed by atoms with van der Waals surface area (Å²) in [5, 5.41) is 0. The predicted octanol–water partition coefficient (Wildman–Crippen LogP) is 15.4. The summed E-state index contributed by atoms with van der Waals surface area (Å²) >= 11 is 0. The van der Waals surface area contributed by atoms with Crippen LogP contribution >= 0.6 is 0 Å². The van der Waals surface area contributed by atoms with Crippen LogP contribution in [-0.4, -0.2) is 37.2 Å². The molecule has 6 nitrogen and oxygen atoms in total. The Bertz CT molecular complexity index is 1220. The van der Waals surface area contributed by atoms with Crippen LogP contribution in [0.3, 0.4) is 0 Å². The fraction of sp³-hybridized carbons (Fsp3) is 0.642. The second kappa shape index (κ2) is 47.0. The zero-order valence-electron chi connectivity index (χ0n) is 38.0. The Kier molecular flexibility index (Phi) is 44.1. The lowest BCUT2D eigenvalue weighted by molar-refractivity contribution is -0.167. The highest BCUT2D eigenvalue weighted by Crippen LogP contribution is 2.13. The van der Waals surface area contributed by atoms with E-state index in [4.69, 9.17) is 14.2 Å². The number of carbonyl (C=O) groups is 3. The number of unbranched alkanes of at least 4 members (excludes halogenated alkanes) is 17. The van der Waals surface area contributed by atoms with Crippen LogP contribution < -0.4 is 0 Å². The van der Waals surface area contributed by atoms with Gasteiger partial charge in [0.2, 0.25) is 0 Å². The van der Waals surface area contributed by atoms with Gasteiger partial charge >= 0.3 is 17.9 Å². The lowest BCUT2D eigenvalue weighted by atomic mass is 10.1. The molecule has 6 heteroatoms. The van der Waals surface area contributed by atoms with Crippen molar-refractivity contribution in [2.45, 2.75) is 207 Å². The highest BCUT2D eigenvalue weighted by atomic mass is 16.6. The van der Waals surface area contributed by atoms with E-state index in [0.29, 0.717) is 19.3 Å². The van der Waals surface area contributed by atoms with Crippen LogP contribution in [0.1, 0.15) is 201 Å². The molecular formula is C53H86O6. The van der Waals surface area contributed by atoms with Gasteiger partial charge in [0, 0.05) is 19.3 Å². The molecule has 0 radical (unpaired) electrons. The Morgan fingerprint density at radius 3 is 1.15 bits per heavy atom. The van der Waals surface area contributed by atoms with Crippen molar-refractivity contribution in [2.24, 2.45) is 0 Å². The fourth-order valence-corrected chi connectivity index (χ4v) is 6.17. The number of rotatable bonds is 41. The number of allylic oxidation sites excluding steroid dienone is 16. The minimum Gasteiger partial charge on any atom is -0.462 e. The van der Waals surface area contributed by atoms with Gasteiger partial charge in [0.15, 0.2) is 6.10 Å². The molecule has 0 aromatic heterocycles. The molecule has 0 rings (SSSR count). The molecule has 0 aliphatic rings. The van der Waals surface area contributed by atoms with Gasteiger partial charge in [0.25, 0.3) is 0 Å². The van der Waals surface area contributed by atoms with Gasteiger partial charge in [-0.25, -0.2) is 0 Å². The van der Waals surface area contributed by atoms with Gasteiger partial charge in [-0.05, 0) is 89.9 Å². The van der Waals surface area contributed by atoms with Crippen LogP contribution in [0.4, 0.5) is 0 Å². The van der Waals surface area contributed by atoms with Gasteiger partial charge < -0.3 is 14.2 Å². The van der Waals surface area contributed by atoms with Crippen molar-refractivity contribution in [1.82, 2.24) is 0 Å². The molecule has 0 aliphatic carbocycles. The molecule has 0 spiro atoms. The van der Waals surface area contributed by atoms with Crippen LogP contribution in [0.5, 0.6) is 0 Å². The normalized spacial score (nSPS) is 12.9. The van der Waals surface area contributed by atoms with Crippen molar-refractivity contribution >= 4 is 17.9 Å². The zero-order valence-corrected chi connectivity index (χ0v) is 38.0. The van der Waals surface area contributed by atoms with E-state index in [-0.39, 0.29) is 31.1 Å². The van der Waals surface area contributed by atoms with E-state index in [2.05, 4.69) is 81.5 Å². The smallest absolute Gasteiger partial charge is 0.306 e. The van der Waals surface area contributed by atoms with Gasteiger partial charge in [-0.1, -0.05) is 189 Å². The summed E-state index contributed by atoms with van der Waals surface area (Å²) < 4.78 is 16.7. The topological polar surface area (TPSA) is 78.9 Å². The number of ether oxygens (including phenoxy) is 3. The highest BCUT2D eigenvalue weighted by molar-refractivity contribution is 5.71. The summed E-state index contributed by atoms with van der Waals surface area (Å²) in [5.41, 5.74) is 0. The summed E-state index contributed by atoms with van der Waals surface area (Å²) in [4.78, 5) is 37.8. The van der Waals surface area contributed by atoms with Gasteiger partial charge in [-0.15, -0.1) is 0 Å². The third-order valence-electron chi connectivity index (χ3n) is 9.66. The van der Waals surface area contributed by atoms with E-state index in [9.17, 15) is 14.4 Å². The maximum absolute atomic E-state index is 12.8. The number of carbonyl (C=O) groups excluding carboxylic acids is 3. The van der Waals surface area contributed by atoms with Gasteiger partial charge in [-0.3, -0.25) is 14.4 Å². The molecule has 0 saturated carbocycles. The molecule has 59 heavy (non-hydrogen) atoms. The minimum absolute atomic E-state index is 0.0994. The molecule has 0 fully saturated rings. The third-order valence-corrected chi connectivity index (χ3v) is 9.66. The molecule has 0 saturated heterocycles. The summed E-state index contributed by atoms with van der Waals surface area (Å²) in [7, 11) is 0. The molecule has 0 aromatic rings. The highest BCUT2D eigenvalue weighted by Gasteiger charge is 2.19.